The van der Waals surface area contributed by atoms with Gasteiger partial charge in [0.05, 0.1) is 6.10 Å². The predicted molar refractivity (Wildman–Crippen MR) is 130 cm³/mol. The molecular weight excluding hydrogens is 499 g/mol. The number of nitrogens with one attached hydrogen (secondary N) is 2. The van der Waals surface area contributed by atoms with Crippen LogP contribution in [-0.4, -0.2) is 37.7 Å². The summed E-state index contributed by atoms with van der Waals surface area (Å²) in [6, 6.07) is 12.5. The van der Waals surface area contributed by atoms with E-state index in [1.807, 2.05) is 18.3 Å². The van der Waals surface area contributed by atoms with Gasteiger partial charge in [0.25, 0.3) is 0 Å². The monoisotopic (exact) mass is 528 g/mol. The van der Waals surface area contributed by atoms with Gasteiger partial charge in [0, 0.05) is 38.9 Å². The molecule has 3 rings (SSSR count). The summed E-state index contributed by atoms with van der Waals surface area (Å²) in [5.74, 6) is 1.24. The fourth-order valence-corrected chi connectivity index (χ4v) is 3.62. The first-order valence-corrected chi connectivity index (χ1v) is 10.3. The lowest BCUT2D eigenvalue weighted by Crippen LogP contribution is -2.42. The minimum Gasteiger partial charge on any atom is -0.373 e. The van der Waals surface area contributed by atoms with Crippen LogP contribution in [0.25, 0.3) is 0 Å². The van der Waals surface area contributed by atoms with Crippen LogP contribution in [0, 0.1) is 12.8 Å². The maximum atomic E-state index is 6.11. The molecule has 1 fully saturated rings. The summed E-state index contributed by atoms with van der Waals surface area (Å²) in [6.07, 6.45) is 5.07. The van der Waals surface area contributed by atoms with Gasteiger partial charge in [0.2, 0.25) is 0 Å². The SMILES string of the molecule is CN=C(NCCc1ccc(Cl)nc1)NCC1CCCOC1c1ccc(C)cc1.I. The molecule has 5 nitrogen and oxygen atoms in total. The van der Waals surface area contributed by atoms with Gasteiger partial charge in [0.15, 0.2) is 5.96 Å². The summed E-state index contributed by atoms with van der Waals surface area (Å²) in [4.78, 5) is 8.46. The third-order valence-electron chi connectivity index (χ3n) is 5.10. The number of rotatable bonds is 6. The van der Waals surface area contributed by atoms with Crippen molar-refractivity contribution in [1.82, 2.24) is 15.6 Å². The first-order valence-electron chi connectivity index (χ1n) is 9.89. The largest absolute Gasteiger partial charge is 0.373 e. The van der Waals surface area contributed by atoms with E-state index in [0.29, 0.717) is 11.1 Å². The first-order chi connectivity index (χ1) is 13.7. The van der Waals surface area contributed by atoms with Crippen molar-refractivity contribution >= 4 is 41.5 Å². The molecule has 2 atom stereocenters. The van der Waals surface area contributed by atoms with Crippen molar-refractivity contribution < 1.29 is 4.74 Å². The van der Waals surface area contributed by atoms with Crippen LogP contribution in [0.4, 0.5) is 0 Å². The maximum absolute atomic E-state index is 6.11. The van der Waals surface area contributed by atoms with Gasteiger partial charge in [-0.05, 0) is 43.4 Å². The average Bonchev–Trinajstić information content (AvgIpc) is 2.73. The van der Waals surface area contributed by atoms with Crippen molar-refractivity contribution in [3.8, 4) is 0 Å². The van der Waals surface area contributed by atoms with Gasteiger partial charge < -0.3 is 15.4 Å². The zero-order valence-corrected chi connectivity index (χ0v) is 20.1. The third kappa shape index (κ3) is 7.42. The molecule has 1 aromatic heterocycles. The molecule has 0 bridgehead atoms. The summed E-state index contributed by atoms with van der Waals surface area (Å²) >= 11 is 5.83. The molecule has 2 aromatic rings. The van der Waals surface area contributed by atoms with Crippen molar-refractivity contribution in [2.24, 2.45) is 10.9 Å². The number of ether oxygens (including phenoxy) is 1. The highest BCUT2D eigenvalue weighted by Gasteiger charge is 2.27. The number of nitrogens with zero attached hydrogens (tertiary/aromatic N) is 2. The highest BCUT2D eigenvalue weighted by Crippen LogP contribution is 2.33. The van der Waals surface area contributed by atoms with Crippen molar-refractivity contribution in [3.63, 3.8) is 0 Å². The summed E-state index contributed by atoms with van der Waals surface area (Å²) in [6.45, 7) is 4.56. The lowest BCUT2D eigenvalue weighted by Gasteiger charge is -2.32. The molecule has 0 aliphatic carbocycles. The van der Waals surface area contributed by atoms with Crippen LogP contribution in [0.2, 0.25) is 5.15 Å². The number of guanidine groups is 1. The van der Waals surface area contributed by atoms with E-state index < -0.39 is 0 Å². The second kappa shape index (κ2) is 12.3. The summed E-state index contributed by atoms with van der Waals surface area (Å²) in [7, 11) is 1.80. The van der Waals surface area contributed by atoms with Gasteiger partial charge in [-0.3, -0.25) is 4.99 Å². The molecule has 2 N–H and O–H groups in total. The average molecular weight is 529 g/mol. The van der Waals surface area contributed by atoms with E-state index >= 15 is 0 Å². The Morgan fingerprint density at radius 3 is 2.69 bits per heavy atom. The van der Waals surface area contributed by atoms with Crippen LogP contribution < -0.4 is 10.6 Å². The van der Waals surface area contributed by atoms with E-state index in [-0.39, 0.29) is 30.1 Å². The van der Waals surface area contributed by atoms with E-state index in [2.05, 4.69) is 51.8 Å². The minimum atomic E-state index is 0. The van der Waals surface area contributed by atoms with Gasteiger partial charge in [-0.1, -0.05) is 47.5 Å². The highest BCUT2D eigenvalue weighted by atomic mass is 127. The van der Waals surface area contributed by atoms with Crippen LogP contribution >= 0.6 is 35.6 Å². The van der Waals surface area contributed by atoms with E-state index in [9.17, 15) is 0 Å². The summed E-state index contributed by atoms with van der Waals surface area (Å²) in [5, 5.41) is 7.36. The van der Waals surface area contributed by atoms with Crippen molar-refractivity contribution in [3.05, 3.63) is 64.4 Å². The number of pyridine rings is 1. The van der Waals surface area contributed by atoms with Crippen molar-refractivity contribution in [2.75, 3.05) is 26.7 Å². The topological polar surface area (TPSA) is 58.5 Å². The molecule has 1 aromatic carbocycles. The Hall–Kier alpha value is -1.38. The maximum Gasteiger partial charge on any atom is 0.190 e. The van der Waals surface area contributed by atoms with Crippen LogP contribution in [0.15, 0.2) is 47.6 Å². The molecule has 29 heavy (non-hydrogen) atoms. The second-order valence-corrected chi connectivity index (χ2v) is 7.61. The van der Waals surface area contributed by atoms with Gasteiger partial charge in [-0.2, -0.15) is 0 Å². The Kier molecular flexibility index (Phi) is 10.2. The molecule has 158 valence electrons. The quantitative estimate of drug-likeness (QED) is 0.250. The summed E-state index contributed by atoms with van der Waals surface area (Å²) in [5.41, 5.74) is 3.68. The zero-order valence-electron chi connectivity index (χ0n) is 17.0. The number of aliphatic imine (C=N–C) groups is 1. The Labute approximate surface area is 195 Å². The number of aryl methyl sites for hydroxylation is 1. The Balaban J connectivity index is 0.00000300. The molecule has 1 aliphatic rings. The molecule has 7 heteroatoms. The second-order valence-electron chi connectivity index (χ2n) is 7.22. The van der Waals surface area contributed by atoms with Crippen LogP contribution in [0.1, 0.15) is 35.6 Å². The van der Waals surface area contributed by atoms with E-state index in [0.717, 1.165) is 50.5 Å². The molecule has 0 spiro atoms. The van der Waals surface area contributed by atoms with Crippen molar-refractivity contribution in [2.45, 2.75) is 32.3 Å². The Morgan fingerprint density at radius 2 is 2.00 bits per heavy atom. The Morgan fingerprint density at radius 1 is 1.21 bits per heavy atom. The van der Waals surface area contributed by atoms with Crippen LogP contribution in [-0.2, 0) is 11.2 Å². The molecule has 0 amide bonds. The van der Waals surface area contributed by atoms with Gasteiger partial charge in [-0.25, -0.2) is 4.98 Å². The number of hydrogen-bond acceptors (Lipinski definition) is 3. The first kappa shape index (κ1) is 23.9. The van der Waals surface area contributed by atoms with Gasteiger partial charge in [-0.15, -0.1) is 24.0 Å². The van der Waals surface area contributed by atoms with Gasteiger partial charge in [0.1, 0.15) is 5.15 Å². The molecule has 1 aliphatic heterocycles. The van der Waals surface area contributed by atoms with Crippen molar-refractivity contribution in [1.29, 1.82) is 0 Å². The summed E-state index contributed by atoms with van der Waals surface area (Å²) < 4.78 is 6.11. The number of benzene rings is 1. The number of aromatic nitrogens is 1. The van der Waals surface area contributed by atoms with E-state index in [1.165, 1.54) is 11.1 Å². The molecule has 2 heterocycles. The molecule has 0 saturated carbocycles. The minimum absolute atomic E-state index is 0. The lowest BCUT2D eigenvalue weighted by atomic mass is 9.89. The third-order valence-corrected chi connectivity index (χ3v) is 5.32. The fraction of sp³-hybridized carbons (Fsp3) is 0.455. The lowest BCUT2D eigenvalue weighted by molar-refractivity contribution is -0.0265. The predicted octanol–water partition coefficient (Wildman–Crippen LogP) is 4.54. The number of hydrogen-bond donors (Lipinski definition) is 2. The Bertz CT molecular complexity index is 767. The molecule has 2 unspecified atom stereocenters. The van der Waals surface area contributed by atoms with Crippen LogP contribution in [0.3, 0.4) is 0 Å². The normalized spacial score (nSPS) is 19.3. The van der Waals surface area contributed by atoms with E-state index in [1.54, 1.807) is 7.05 Å². The highest BCUT2D eigenvalue weighted by molar-refractivity contribution is 14.0. The number of halogens is 2. The van der Waals surface area contributed by atoms with E-state index in [4.69, 9.17) is 16.3 Å². The molecule has 0 radical (unpaired) electrons. The fourth-order valence-electron chi connectivity index (χ4n) is 3.50. The van der Waals surface area contributed by atoms with Crippen LogP contribution in [0.5, 0.6) is 0 Å². The smallest absolute Gasteiger partial charge is 0.190 e. The standard InChI is InChI=1S/C22H29ClN4O.HI/c1-16-5-8-18(9-6-16)21-19(4-3-13-28-21)15-27-22(24-2)25-12-11-17-7-10-20(23)26-14-17;/h5-10,14,19,21H,3-4,11-13,15H2,1-2H3,(H2,24,25,27);1H. The molecular formula is C22H30ClIN4O. The molecule has 1 saturated heterocycles. The zero-order chi connectivity index (χ0) is 19.8. The van der Waals surface area contributed by atoms with Gasteiger partial charge >= 0.3 is 0 Å².